The zero-order chi connectivity index (χ0) is 14.3. The van der Waals surface area contributed by atoms with Crippen LogP contribution in [-0.4, -0.2) is 38.9 Å². The number of rotatable bonds is 11. The second-order valence-electron chi connectivity index (χ2n) is 3.84. The molecule has 0 aromatic rings. The maximum Gasteiger partial charge on any atom is 0.251 e. The van der Waals surface area contributed by atoms with Gasteiger partial charge in [-0.15, -0.1) is 0 Å². The Morgan fingerprint density at radius 1 is 1.21 bits per heavy atom. The Morgan fingerprint density at radius 3 is 2.47 bits per heavy atom. The molecule has 0 aliphatic rings. The van der Waals surface area contributed by atoms with Gasteiger partial charge in [0.25, 0.3) is 5.91 Å². The van der Waals surface area contributed by atoms with Crippen LogP contribution in [0.3, 0.4) is 0 Å². The van der Waals surface area contributed by atoms with E-state index in [1.165, 1.54) is 0 Å². The van der Waals surface area contributed by atoms with E-state index in [0.29, 0.717) is 31.9 Å². The predicted octanol–water partition coefficient (Wildman–Crippen LogP) is 2.23. The van der Waals surface area contributed by atoms with Gasteiger partial charge in [0, 0.05) is 18.7 Å². The molecular weight excluding hydrogens is 242 g/mol. The Morgan fingerprint density at radius 2 is 1.89 bits per heavy atom. The minimum Gasteiger partial charge on any atom is -0.379 e. The molecule has 0 atom stereocenters. The lowest BCUT2D eigenvalue weighted by Gasteiger charge is -2.07. The highest BCUT2D eigenvalue weighted by molar-refractivity contribution is 5.96. The third-order valence-electron chi connectivity index (χ3n) is 2.16. The first-order valence-electron chi connectivity index (χ1n) is 6.65. The summed E-state index contributed by atoms with van der Waals surface area (Å²) in [7, 11) is 0. The van der Waals surface area contributed by atoms with Crippen LogP contribution in [-0.2, 0) is 14.3 Å². The van der Waals surface area contributed by atoms with E-state index in [9.17, 15) is 4.79 Å². The summed E-state index contributed by atoms with van der Waals surface area (Å²) in [4.78, 5) is 11.7. The summed E-state index contributed by atoms with van der Waals surface area (Å²) in [6.45, 7) is 10.4. The van der Waals surface area contributed by atoms with Crippen molar-refractivity contribution in [2.24, 2.45) is 0 Å². The molecule has 0 aromatic carbocycles. The van der Waals surface area contributed by atoms with E-state index in [2.05, 4.69) is 18.8 Å². The molecule has 0 aromatic heterocycles. The van der Waals surface area contributed by atoms with Crippen LogP contribution in [0.5, 0.6) is 0 Å². The van der Waals surface area contributed by atoms with Crippen LogP contribution in [0.1, 0.15) is 20.3 Å². The predicted molar refractivity (Wildman–Crippen MR) is 78.0 cm³/mol. The summed E-state index contributed by atoms with van der Waals surface area (Å²) in [5, 5.41) is 2.78. The minimum absolute atomic E-state index is 0.121. The van der Waals surface area contributed by atoms with Crippen molar-refractivity contribution in [3.05, 3.63) is 36.5 Å². The number of amides is 1. The maximum atomic E-state index is 11.7. The van der Waals surface area contributed by atoms with Crippen molar-refractivity contribution in [1.29, 1.82) is 0 Å². The number of hydrogen-bond acceptors (Lipinski definition) is 3. The minimum atomic E-state index is -0.121. The molecule has 1 N–H and O–H groups in total. The van der Waals surface area contributed by atoms with Crippen molar-refractivity contribution in [1.82, 2.24) is 5.32 Å². The van der Waals surface area contributed by atoms with Gasteiger partial charge in [-0.1, -0.05) is 37.8 Å². The molecule has 0 aliphatic heterocycles. The van der Waals surface area contributed by atoms with Gasteiger partial charge < -0.3 is 14.8 Å². The van der Waals surface area contributed by atoms with Crippen molar-refractivity contribution in [3.63, 3.8) is 0 Å². The van der Waals surface area contributed by atoms with Crippen molar-refractivity contribution in [2.45, 2.75) is 20.3 Å². The summed E-state index contributed by atoms with van der Waals surface area (Å²) in [6, 6.07) is 0. The van der Waals surface area contributed by atoms with Crippen molar-refractivity contribution in [2.75, 3.05) is 33.0 Å². The third kappa shape index (κ3) is 10.2. The molecule has 0 bridgehead atoms. The third-order valence-corrected chi connectivity index (χ3v) is 2.16. The fourth-order valence-corrected chi connectivity index (χ4v) is 1.32. The van der Waals surface area contributed by atoms with Gasteiger partial charge in [-0.2, -0.15) is 0 Å². The molecule has 1 amide bonds. The normalized spacial score (nSPS) is 11.8. The van der Waals surface area contributed by atoms with Gasteiger partial charge in [-0.05, 0) is 13.3 Å². The fourth-order valence-electron chi connectivity index (χ4n) is 1.32. The van der Waals surface area contributed by atoms with E-state index in [1.807, 2.05) is 13.0 Å². The molecule has 0 unspecified atom stereocenters. The Kier molecular flexibility index (Phi) is 12.1. The zero-order valence-corrected chi connectivity index (χ0v) is 12.0. The first kappa shape index (κ1) is 17.6. The second-order valence-corrected chi connectivity index (χ2v) is 3.84. The van der Waals surface area contributed by atoms with Crippen LogP contribution in [0.4, 0.5) is 0 Å². The maximum absolute atomic E-state index is 11.7. The van der Waals surface area contributed by atoms with Crippen molar-refractivity contribution in [3.8, 4) is 0 Å². The Bertz CT molecular complexity index is 309. The lowest BCUT2D eigenvalue weighted by atomic mass is 10.2. The second kappa shape index (κ2) is 13.1. The van der Waals surface area contributed by atoms with E-state index in [4.69, 9.17) is 9.47 Å². The van der Waals surface area contributed by atoms with E-state index in [-0.39, 0.29) is 5.91 Å². The molecule has 19 heavy (non-hydrogen) atoms. The smallest absolute Gasteiger partial charge is 0.251 e. The van der Waals surface area contributed by atoms with Crippen LogP contribution in [0.2, 0.25) is 0 Å². The number of carbonyl (C=O) groups excluding carboxylic acids is 1. The van der Waals surface area contributed by atoms with Gasteiger partial charge in [0.15, 0.2) is 0 Å². The number of carbonyl (C=O) groups is 1. The highest BCUT2D eigenvalue weighted by Gasteiger charge is 2.03. The van der Waals surface area contributed by atoms with E-state index in [0.717, 1.165) is 13.0 Å². The molecule has 0 rings (SSSR count). The Labute approximate surface area is 116 Å². The van der Waals surface area contributed by atoms with E-state index < -0.39 is 0 Å². The molecule has 0 fully saturated rings. The van der Waals surface area contributed by atoms with Crippen LogP contribution in [0, 0.1) is 0 Å². The first-order valence-corrected chi connectivity index (χ1v) is 6.65. The van der Waals surface area contributed by atoms with E-state index in [1.54, 1.807) is 18.2 Å². The standard InChI is InChI=1S/C15H25NO3/c1-4-7-14(8-5-2)15(17)16-9-11-19-13-12-18-10-6-3/h4-5,7-8H,1,6,9-13H2,2-3H3,(H,16,17)/b8-5-,14-7+. The van der Waals surface area contributed by atoms with Crippen molar-refractivity contribution >= 4 is 5.91 Å². The number of hydrogen-bond donors (Lipinski definition) is 1. The van der Waals surface area contributed by atoms with Gasteiger partial charge in [-0.3, -0.25) is 4.79 Å². The lowest BCUT2D eigenvalue weighted by molar-refractivity contribution is -0.117. The van der Waals surface area contributed by atoms with Gasteiger partial charge >= 0.3 is 0 Å². The largest absolute Gasteiger partial charge is 0.379 e. The quantitative estimate of drug-likeness (QED) is 0.355. The first-order chi connectivity index (χ1) is 9.26. The van der Waals surface area contributed by atoms with Crippen molar-refractivity contribution < 1.29 is 14.3 Å². The molecular formula is C15H25NO3. The average Bonchev–Trinajstić information content (AvgIpc) is 2.41. The SMILES string of the molecule is C=C/C=C(\C=C/C)C(=O)NCCOCCOCCC. The van der Waals surface area contributed by atoms with Gasteiger partial charge in [0.1, 0.15) is 0 Å². The molecule has 108 valence electrons. The van der Waals surface area contributed by atoms with Crippen LogP contribution >= 0.6 is 0 Å². The molecule has 4 heteroatoms. The summed E-state index contributed by atoms with van der Waals surface area (Å²) < 4.78 is 10.6. The summed E-state index contributed by atoms with van der Waals surface area (Å²) in [6.07, 6.45) is 7.84. The number of ether oxygens (including phenoxy) is 2. The van der Waals surface area contributed by atoms with Crippen LogP contribution in [0.15, 0.2) is 36.5 Å². The molecule has 0 radical (unpaired) electrons. The highest BCUT2D eigenvalue weighted by Crippen LogP contribution is 1.97. The monoisotopic (exact) mass is 267 g/mol. The van der Waals surface area contributed by atoms with Gasteiger partial charge in [0.2, 0.25) is 0 Å². The molecule has 0 saturated carbocycles. The fraction of sp³-hybridized carbons (Fsp3) is 0.533. The van der Waals surface area contributed by atoms with Crippen LogP contribution < -0.4 is 5.32 Å². The Balaban J connectivity index is 3.67. The number of allylic oxidation sites excluding steroid dienone is 3. The molecule has 0 heterocycles. The molecule has 0 aliphatic carbocycles. The molecule has 0 spiro atoms. The van der Waals surface area contributed by atoms with Gasteiger partial charge in [0.05, 0.1) is 19.8 Å². The highest BCUT2D eigenvalue weighted by atomic mass is 16.5. The summed E-state index contributed by atoms with van der Waals surface area (Å²) >= 11 is 0. The zero-order valence-electron chi connectivity index (χ0n) is 12.0. The summed E-state index contributed by atoms with van der Waals surface area (Å²) in [5.74, 6) is -0.121. The molecule has 4 nitrogen and oxygen atoms in total. The average molecular weight is 267 g/mol. The van der Waals surface area contributed by atoms with E-state index >= 15 is 0 Å². The topological polar surface area (TPSA) is 47.6 Å². The van der Waals surface area contributed by atoms with Crippen LogP contribution in [0.25, 0.3) is 0 Å². The molecule has 0 saturated heterocycles. The Hall–Kier alpha value is -1.39. The number of nitrogens with one attached hydrogen (secondary N) is 1. The van der Waals surface area contributed by atoms with Gasteiger partial charge in [-0.25, -0.2) is 0 Å². The summed E-state index contributed by atoms with van der Waals surface area (Å²) in [5.41, 5.74) is 0.587. The lowest BCUT2D eigenvalue weighted by Crippen LogP contribution is -2.28.